The first-order valence-corrected chi connectivity index (χ1v) is 12.6. The number of carbonyl (C=O) groups excluding carboxylic acids is 1. The van der Waals surface area contributed by atoms with Gasteiger partial charge in [0.15, 0.2) is 0 Å². The molecule has 0 saturated carbocycles. The Morgan fingerprint density at radius 3 is 2.50 bits per heavy atom. The van der Waals surface area contributed by atoms with Gasteiger partial charge in [0.2, 0.25) is 11.9 Å². The maximum absolute atomic E-state index is 13.2. The first-order valence-electron chi connectivity index (χ1n) is 12.6. The lowest BCUT2D eigenvalue weighted by atomic mass is 10.0. The molecule has 0 radical (unpaired) electrons. The third-order valence-corrected chi connectivity index (χ3v) is 6.86. The minimum atomic E-state index is -0.300. The monoisotopic (exact) mass is 509 g/mol. The van der Waals surface area contributed by atoms with Crippen molar-refractivity contribution in [1.82, 2.24) is 19.4 Å². The van der Waals surface area contributed by atoms with E-state index in [0.717, 1.165) is 42.8 Å². The van der Waals surface area contributed by atoms with Crippen LogP contribution < -0.4 is 21.1 Å². The summed E-state index contributed by atoms with van der Waals surface area (Å²) in [6, 6.07) is 17.5. The van der Waals surface area contributed by atoms with Crippen LogP contribution in [0.4, 0.5) is 23.0 Å². The van der Waals surface area contributed by atoms with E-state index >= 15 is 0 Å². The molecule has 2 aromatic heterocycles. The van der Waals surface area contributed by atoms with Gasteiger partial charge in [0.1, 0.15) is 5.65 Å². The van der Waals surface area contributed by atoms with Gasteiger partial charge >= 0.3 is 0 Å². The van der Waals surface area contributed by atoms with E-state index in [4.69, 9.17) is 0 Å². The van der Waals surface area contributed by atoms with E-state index in [-0.39, 0.29) is 11.5 Å². The molecule has 0 aliphatic carbocycles. The van der Waals surface area contributed by atoms with Crippen molar-refractivity contribution in [3.05, 3.63) is 94.9 Å². The Bertz CT molecular complexity index is 1540. The van der Waals surface area contributed by atoms with Crippen molar-refractivity contribution in [2.45, 2.75) is 6.42 Å². The average molecular weight is 510 g/mol. The number of fused-ring (bicyclic) bond motifs is 1. The van der Waals surface area contributed by atoms with Crippen LogP contribution in [0.2, 0.25) is 0 Å². The summed E-state index contributed by atoms with van der Waals surface area (Å²) >= 11 is 0. The van der Waals surface area contributed by atoms with E-state index in [1.807, 2.05) is 36.4 Å². The molecule has 1 amide bonds. The van der Waals surface area contributed by atoms with E-state index in [2.05, 4.69) is 56.2 Å². The summed E-state index contributed by atoms with van der Waals surface area (Å²) in [6.45, 7) is 7.65. The SMILES string of the molecule is C=CC(=O)Nc1ccccc1Cc1cc2cnc(Nc3ccc(N4CCN(C)CC4)cc3)nc2n(C)c1=O. The minimum Gasteiger partial charge on any atom is -0.369 e. The number of piperazine rings is 1. The highest BCUT2D eigenvalue weighted by molar-refractivity contribution is 5.99. The maximum atomic E-state index is 13.2. The zero-order valence-electron chi connectivity index (χ0n) is 21.6. The number of hydrogen-bond donors (Lipinski definition) is 2. The quantitative estimate of drug-likeness (QED) is 0.368. The lowest BCUT2D eigenvalue weighted by molar-refractivity contribution is -0.111. The van der Waals surface area contributed by atoms with Gasteiger partial charge in [-0.3, -0.25) is 14.2 Å². The Kier molecular flexibility index (Phi) is 7.19. The second-order valence-corrected chi connectivity index (χ2v) is 9.50. The van der Waals surface area contributed by atoms with Crippen LogP contribution in [-0.2, 0) is 18.3 Å². The molecule has 9 nitrogen and oxygen atoms in total. The fourth-order valence-corrected chi connectivity index (χ4v) is 4.64. The highest BCUT2D eigenvalue weighted by Crippen LogP contribution is 2.23. The fourth-order valence-electron chi connectivity index (χ4n) is 4.64. The van der Waals surface area contributed by atoms with Crippen LogP contribution in [-0.4, -0.2) is 58.6 Å². The number of anilines is 4. The third kappa shape index (κ3) is 5.42. The highest BCUT2D eigenvalue weighted by atomic mass is 16.1. The number of pyridine rings is 1. The smallest absolute Gasteiger partial charge is 0.255 e. The number of carbonyl (C=O) groups is 1. The molecule has 1 aliphatic rings. The zero-order chi connectivity index (χ0) is 26.6. The average Bonchev–Trinajstić information content (AvgIpc) is 2.94. The molecule has 0 unspecified atom stereocenters. The van der Waals surface area contributed by atoms with Crippen LogP contribution in [0.1, 0.15) is 11.1 Å². The van der Waals surface area contributed by atoms with Gasteiger partial charge in [-0.05, 0) is 55.1 Å². The first kappa shape index (κ1) is 25.2. The van der Waals surface area contributed by atoms with Crippen molar-refractivity contribution in [3.63, 3.8) is 0 Å². The molecule has 3 heterocycles. The maximum Gasteiger partial charge on any atom is 0.255 e. The first-order chi connectivity index (χ1) is 18.4. The fraction of sp³-hybridized carbons (Fsp3) is 0.241. The Balaban J connectivity index is 1.36. The van der Waals surface area contributed by atoms with E-state index in [1.54, 1.807) is 23.9 Å². The van der Waals surface area contributed by atoms with Gasteiger partial charge in [0.25, 0.3) is 5.56 Å². The number of aromatic nitrogens is 3. The molecule has 0 spiro atoms. The van der Waals surface area contributed by atoms with Crippen molar-refractivity contribution in [3.8, 4) is 0 Å². The summed E-state index contributed by atoms with van der Waals surface area (Å²) in [5, 5.41) is 6.81. The minimum absolute atomic E-state index is 0.150. The van der Waals surface area contributed by atoms with Crippen molar-refractivity contribution < 1.29 is 4.79 Å². The molecule has 1 aliphatic heterocycles. The summed E-state index contributed by atoms with van der Waals surface area (Å²) in [7, 11) is 3.86. The molecule has 0 bridgehead atoms. The van der Waals surface area contributed by atoms with Crippen LogP contribution in [0.15, 0.2) is 78.2 Å². The molecule has 4 aromatic rings. The molecule has 9 heteroatoms. The molecule has 1 fully saturated rings. The number of nitrogens with zero attached hydrogens (tertiary/aromatic N) is 5. The molecule has 1 saturated heterocycles. The molecular weight excluding hydrogens is 478 g/mol. The third-order valence-electron chi connectivity index (χ3n) is 6.86. The lowest BCUT2D eigenvalue weighted by Crippen LogP contribution is -2.44. The lowest BCUT2D eigenvalue weighted by Gasteiger charge is -2.34. The molecule has 2 N–H and O–H groups in total. The normalized spacial score (nSPS) is 13.9. The number of amides is 1. The van der Waals surface area contributed by atoms with Gasteiger partial charge in [-0.2, -0.15) is 4.98 Å². The number of para-hydroxylation sites is 1. The van der Waals surface area contributed by atoms with Gasteiger partial charge in [0, 0.05) is 73.9 Å². The number of rotatable bonds is 7. The van der Waals surface area contributed by atoms with Gasteiger partial charge < -0.3 is 20.4 Å². The second-order valence-electron chi connectivity index (χ2n) is 9.50. The van der Waals surface area contributed by atoms with E-state index in [1.165, 1.54) is 11.8 Å². The van der Waals surface area contributed by atoms with Crippen molar-refractivity contribution in [1.29, 1.82) is 0 Å². The van der Waals surface area contributed by atoms with E-state index in [0.29, 0.717) is 29.3 Å². The van der Waals surface area contributed by atoms with Crippen molar-refractivity contribution >= 4 is 40.0 Å². The number of likely N-dealkylation sites (N-methyl/N-ethyl adjacent to an activating group) is 1. The second kappa shape index (κ2) is 10.9. The van der Waals surface area contributed by atoms with Gasteiger partial charge in [-0.15, -0.1) is 0 Å². The van der Waals surface area contributed by atoms with Crippen molar-refractivity contribution in [2.75, 3.05) is 48.8 Å². The topological polar surface area (TPSA) is 95.4 Å². The van der Waals surface area contributed by atoms with Gasteiger partial charge in [-0.25, -0.2) is 4.98 Å². The number of benzene rings is 2. The Hall–Kier alpha value is -4.50. The number of nitrogens with one attached hydrogen (secondary N) is 2. The van der Waals surface area contributed by atoms with E-state index < -0.39 is 0 Å². The van der Waals surface area contributed by atoms with Crippen LogP contribution in [0.3, 0.4) is 0 Å². The predicted octanol–water partition coefficient (Wildman–Crippen LogP) is 3.54. The molecule has 2 aromatic carbocycles. The predicted molar refractivity (Wildman–Crippen MR) is 152 cm³/mol. The number of aryl methyl sites for hydroxylation is 1. The summed E-state index contributed by atoms with van der Waals surface area (Å²) in [5.74, 6) is 0.122. The largest absolute Gasteiger partial charge is 0.369 e. The van der Waals surface area contributed by atoms with Crippen LogP contribution in [0.5, 0.6) is 0 Å². The zero-order valence-corrected chi connectivity index (χ0v) is 21.6. The molecule has 194 valence electrons. The highest BCUT2D eigenvalue weighted by Gasteiger charge is 2.15. The standard InChI is InChI=1S/C29H31N7O2/c1-4-26(37)32-25-8-6-5-7-20(25)17-21-18-22-19-30-29(33-27(22)35(3)28(21)38)31-23-9-11-24(12-10-23)36-15-13-34(2)14-16-36/h4-12,18-19H,1,13-17H2,2-3H3,(H,32,37)(H,30,31,33). The Morgan fingerprint density at radius 2 is 1.76 bits per heavy atom. The summed E-state index contributed by atoms with van der Waals surface area (Å²) in [5.41, 5.74) is 4.53. The molecular formula is C29H31N7O2. The van der Waals surface area contributed by atoms with Gasteiger partial charge in [-0.1, -0.05) is 24.8 Å². The van der Waals surface area contributed by atoms with Crippen LogP contribution >= 0.6 is 0 Å². The molecule has 0 atom stereocenters. The van der Waals surface area contributed by atoms with Crippen molar-refractivity contribution in [2.24, 2.45) is 7.05 Å². The molecule has 5 rings (SSSR count). The Labute approximate surface area is 221 Å². The van der Waals surface area contributed by atoms with Crippen LogP contribution in [0, 0.1) is 0 Å². The number of hydrogen-bond acceptors (Lipinski definition) is 7. The summed E-state index contributed by atoms with van der Waals surface area (Å²) in [4.78, 5) is 38.9. The summed E-state index contributed by atoms with van der Waals surface area (Å²) < 4.78 is 1.54. The van der Waals surface area contributed by atoms with Crippen LogP contribution in [0.25, 0.3) is 11.0 Å². The Morgan fingerprint density at radius 1 is 1.03 bits per heavy atom. The summed E-state index contributed by atoms with van der Waals surface area (Å²) in [6.07, 6.45) is 3.30. The van der Waals surface area contributed by atoms with E-state index in [9.17, 15) is 9.59 Å². The van der Waals surface area contributed by atoms with Gasteiger partial charge in [0.05, 0.1) is 0 Å². The molecule has 38 heavy (non-hydrogen) atoms.